The van der Waals surface area contributed by atoms with Crippen molar-refractivity contribution >= 4 is 23.2 Å². The molecule has 0 bridgehead atoms. The van der Waals surface area contributed by atoms with Crippen molar-refractivity contribution in [1.82, 2.24) is 5.32 Å². The molecule has 0 fully saturated rings. The lowest BCUT2D eigenvalue weighted by molar-refractivity contribution is -0.384. The van der Waals surface area contributed by atoms with E-state index in [1.165, 1.54) is 19.2 Å². The number of benzene rings is 1. The van der Waals surface area contributed by atoms with Gasteiger partial charge in [-0.15, -0.1) is 0 Å². The second-order valence-corrected chi connectivity index (χ2v) is 4.15. The van der Waals surface area contributed by atoms with Gasteiger partial charge in [0, 0.05) is 25.8 Å². The Labute approximate surface area is 114 Å². The van der Waals surface area contributed by atoms with Gasteiger partial charge in [0.05, 0.1) is 28.2 Å². The van der Waals surface area contributed by atoms with Crippen LogP contribution < -0.4 is 5.32 Å². The second kappa shape index (κ2) is 7.03. The Morgan fingerprint density at radius 3 is 2.84 bits per heavy atom. The maximum atomic E-state index is 11.7. The number of hydrogen-bond acceptors (Lipinski definition) is 5. The minimum absolute atomic E-state index is 0.0000102. The van der Waals surface area contributed by atoms with Gasteiger partial charge in [-0.1, -0.05) is 11.6 Å². The summed E-state index contributed by atoms with van der Waals surface area (Å²) in [6.07, 6.45) is -0.828. The summed E-state index contributed by atoms with van der Waals surface area (Å²) in [6, 6.07) is 3.55. The van der Waals surface area contributed by atoms with Gasteiger partial charge in [0.25, 0.3) is 11.6 Å². The highest BCUT2D eigenvalue weighted by molar-refractivity contribution is 6.34. The van der Waals surface area contributed by atoms with Crippen LogP contribution in [0.1, 0.15) is 10.4 Å². The lowest BCUT2D eigenvalue weighted by atomic mass is 10.2. The molecule has 0 saturated heterocycles. The number of halogens is 1. The summed E-state index contributed by atoms with van der Waals surface area (Å²) in [6.45, 7) is 0.0915. The van der Waals surface area contributed by atoms with Gasteiger partial charge in [-0.25, -0.2) is 0 Å². The molecule has 1 atom stereocenters. The van der Waals surface area contributed by atoms with Crippen LogP contribution >= 0.6 is 11.6 Å². The molecule has 0 heterocycles. The van der Waals surface area contributed by atoms with Gasteiger partial charge in [0.15, 0.2) is 0 Å². The van der Waals surface area contributed by atoms with E-state index in [9.17, 15) is 20.0 Å². The first kappa shape index (κ1) is 15.4. The average molecular weight is 289 g/mol. The lowest BCUT2D eigenvalue weighted by Gasteiger charge is -2.11. The van der Waals surface area contributed by atoms with Crippen molar-refractivity contribution in [2.75, 3.05) is 20.3 Å². The molecule has 0 saturated carbocycles. The van der Waals surface area contributed by atoms with Gasteiger partial charge in [0.1, 0.15) is 0 Å². The lowest BCUT2D eigenvalue weighted by Crippen LogP contribution is -2.34. The molecule has 2 N–H and O–H groups in total. The van der Waals surface area contributed by atoms with Gasteiger partial charge >= 0.3 is 0 Å². The minimum Gasteiger partial charge on any atom is -0.389 e. The number of carbonyl (C=O) groups excluding carboxylic acids is 1. The summed E-state index contributed by atoms with van der Waals surface area (Å²) in [5.41, 5.74) is -0.0853. The summed E-state index contributed by atoms with van der Waals surface area (Å²) in [4.78, 5) is 21.7. The van der Waals surface area contributed by atoms with Crippen LogP contribution in [0, 0.1) is 10.1 Å². The monoisotopic (exact) mass is 288 g/mol. The first-order valence-corrected chi connectivity index (χ1v) is 5.72. The number of rotatable bonds is 6. The van der Waals surface area contributed by atoms with Crippen molar-refractivity contribution in [2.24, 2.45) is 0 Å². The number of methoxy groups -OCH3 is 1. The molecular formula is C11H13ClN2O5. The number of nitrogens with one attached hydrogen (secondary N) is 1. The van der Waals surface area contributed by atoms with Crippen LogP contribution in [0.25, 0.3) is 0 Å². The van der Waals surface area contributed by atoms with Crippen molar-refractivity contribution in [2.45, 2.75) is 6.10 Å². The molecule has 0 aromatic heterocycles. The number of hydrogen-bond donors (Lipinski definition) is 2. The maximum Gasteiger partial charge on any atom is 0.270 e. The standard InChI is InChI=1S/C11H13ClN2O5/c1-19-6-8(15)5-13-11(16)9-3-2-7(14(17)18)4-10(9)12/h2-4,8,15H,5-6H2,1H3,(H,13,16). The van der Waals surface area contributed by atoms with Crippen LogP contribution in [0.2, 0.25) is 5.02 Å². The van der Waals surface area contributed by atoms with E-state index in [0.717, 1.165) is 6.07 Å². The second-order valence-electron chi connectivity index (χ2n) is 3.74. The summed E-state index contributed by atoms with van der Waals surface area (Å²) < 4.78 is 4.71. The molecule has 8 heteroatoms. The van der Waals surface area contributed by atoms with Gasteiger partial charge in [0.2, 0.25) is 0 Å². The fourth-order valence-electron chi connectivity index (χ4n) is 1.36. The van der Waals surface area contributed by atoms with Crippen LogP contribution in [-0.2, 0) is 4.74 Å². The third-order valence-corrected chi connectivity index (χ3v) is 2.58. The highest BCUT2D eigenvalue weighted by Gasteiger charge is 2.15. The van der Waals surface area contributed by atoms with E-state index >= 15 is 0 Å². The van der Waals surface area contributed by atoms with Crippen molar-refractivity contribution in [3.8, 4) is 0 Å². The van der Waals surface area contributed by atoms with Gasteiger partial charge in [-0.3, -0.25) is 14.9 Å². The predicted molar refractivity (Wildman–Crippen MR) is 68.3 cm³/mol. The smallest absolute Gasteiger partial charge is 0.270 e. The molecule has 0 aliphatic carbocycles. The zero-order valence-electron chi connectivity index (χ0n) is 10.1. The summed E-state index contributed by atoms with van der Waals surface area (Å²) >= 11 is 5.79. The van der Waals surface area contributed by atoms with Crippen LogP contribution in [0.15, 0.2) is 18.2 Å². The first-order valence-electron chi connectivity index (χ1n) is 5.35. The Morgan fingerprint density at radius 2 is 2.32 bits per heavy atom. The zero-order valence-corrected chi connectivity index (χ0v) is 10.9. The number of amides is 1. The molecule has 0 aliphatic rings. The normalized spacial score (nSPS) is 11.9. The fourth-order valence-corrected chi connectivity index (χ4v) is 1.62. The van der Waals surface area contributed by atoms with Crippen LogP contribution in [0.5, 0.6) is 0 Å². The highest BCUT2D eigenvalue weighted by atomic mass is 35.5. The molecule has 0 aliphatic heterocycles. The molecule has 1 unspecified atom stereocenters. The summed E-state index contributed by atoms with van der Waals surface area (Å²) in [5, 5.41) is 22.3. The van der Waals surface area contributed by atoms with Crippen molar-refractivity contribution < 1.29 is 19.6 Å². The first-order chi connectivity index (χ1) is 8.95. The molecule has 1 aromatic carbocycles. The highest BCUT2D eigenvalue weighted by Crippen LogP contribution is 2.22. The van der Waals surface area contributed by atoms with Gasteiger partial charge < -0.3 is 15.2 Å². The Morgan fingerprint density at radius 1 is 1.63 bits per heavy atom. The molecule has 1 amide bonds. The van der Waals surface area contributed by atoms with Gasteiger partial charge in [-0.2, -0.15) is 0 Å². The third-order valence-electron chi connectivity index (χ3n) is 2.27. The van der Waals surface area contributed by atoms with Crippen LogP contribution in [0.4, 0.5) is 5.69 Å². The molecule has 104 valence electrons. The molecular weight excluding hydrogens is 276 g/mol. The number of non-ortho nitro benzene ring substituents is 1. The summed E-state index contributed by atoms with van der Waals surface area (Å²) in [5.74, 6) is -0.518. The van der Waals surface area contributed by atoms with E-state index in [1.807, 2.05) is 0 Å². The Balaban J connectivity index is 2.70. The van der Waals surface area contributed by atoms with Crippen molar-refractivity contribution in [3.63, 3.8) is 0 Å². The van der Waals surface area contributed by atoms with E-state index in [2.05, 4.69) is 5.32 Å². The van der Waals surface area contributed by atoms with Crippen molar-refractivity contribution in [1.29, 1.82) is 0 Å². The number of aliphatic hydroxyl groups excluding tert-OH is 1. The Kier molecular flexibility index (Phi) is 5.68. The number of nitrogens with zero attached hydrogens (tertiary/aromatic N) is 1. The predicted octanol–water partition coefficient (Wildman–Crippen LogP) is 0.985. The van der Waals surface area contributed by atoms with Crippen molar-refractivity contribution in [3.05, 3.63) is 38.9 Å². The van der Waals surface area contributed by atoms with Crippen LogP contribution in [0.3, 0.4) is 0 Å². The topological polar surface area (TPSA) is 102 Å². The number of carbonyl (C=O) groups is 1. The summed E-state index contributed by atoms with van der Waals surface area (Å²) in [7, 11) is 1.43. The average Bonchev–Trinajstić information content (AvgIpc) is 2.36. The number of nitro benzene ring substituents is 1. The SMILES string of the molecule is COCC(O)CNC(=O)c1ccc([N+](=O)[O-])cc1Cl. The molecule has 0 radical (unpaired) electrons. The van der Waals surface area contributed by atoms with Crippen LogP contribution in [-0.4, -0.2) is 42.3 Å². The molecule has 1 aromatic rings. The Bertz CT molecular complexity index is 480. The van der Waals surface area contributed by atoms with E-state index < -0.39 is 16.9 Å². The Hall–Kier alpha value is -1.70. The largest absolute Gasteiger partial charge is 0.389 e. The van der Waals surface area contributed by atoms with Gasteiger partial charge in [-0.05, 0) is 6.07 Å². The number of ether oxygens (including phenoxy) is 1. The number of aliphatic hydroxyl groups is 1. The van der Waals surface area contributed by atoms with E-state index in [-0.39, 0.29) is 29.4 Å². The molecule has 1 rings (SSSR count). The zero-order chi connectivity index (χ0) is 14.4. The van der Waals surface area contributed by atoms with E-state index in [4.69, 9.17) is 16.3 Å². The van der Waals surface area contributed by atoms with E-state index in [0.29, 0.717) is 0 Å². The third kappa shape index (κ3) is 4.47. The fraction of sp³-hybridized carbons (Fsp3) is 0.364. The molecule has 19 heavy (non-hydrogen) atoms. The molecule has 7 nitrogen and oxygen atoms in total. The minimum atomic E-state index is -0.828. The number of nitro groups is 1. The quantitative estimate of drug-likeness (QED) is 0.600. The maximum absolute atomic E-state index is 11.7. The van der Waals surface area contributed by atoms with E-state index in [1.54, 1.807) is 0 Å². The molecule has 0 spiro atoms.